The van der Waals surface area contributed by atoms with Gasteiger partial charge >= 0.3 is 0 Å². The first kappa shape index (κ1) is 9.54. The van der Waals surface area contributed by atoms with Crippen molar-refractivity contribution in [1.82, 2.24) is 4.98 Å². The lowest BCUT2D eigenvalue weighted by atomic mass is 10.1. The quantitative estimate of drug-likeness (QED) is 0.532. The van der Waals surface area contributed by atoms with E-state index in [1.807, 2.05) is 0 Å². The fraction of sp³-hybridized carbons (Fsp3) is 0.222. The second kappa shape index (κ2) is 3.91. The average Bonchev–Trinajstić information content (AvgIpc) is 2.17. The molecule has 0 aromatic carbocycles. The summed E-state index contributed by atoms with van der Waals surface area (Å²) in [5, 5.41) is 9.13. The zero-order chi connectivity index (χ0) is 9.84. The van der Waals surface area contributed by atoms with Crippen LogP contribution in [0.4, 0.5) is 0 Å². The maximum Gasteiger partial charge on any atom is 0.198 e. The van der Waals surface area contributed by atoms with Crippen LogP contribution < -0.4 is 0 Å². The summed E-state index contributed by atoms with van der Waals surface area (Å²) in [5.41, 5.74) is 0.290. The zero-order valence-electron chi connectivity index (χ0n) is 7.10. The minimum absolute atomic E-state index is 0.290. The Balaban J connectivity index is 2.86. The second-order valence-electron chi connectivity index (χ2n) is 2.61. The van der Waals surface area contributed by atoms with Gasteiger partial charge in [0.05, 0.1) is 0 Å². The van der Waals surface area contributed by atoms with E-state index in [9.17, 15) is 9.59 Å². The predicted octanol–water partition coefficient (Wildman–Crippen LogP) is 0.214. The normalized spacial score (nSPS) is 12.2. The van der Waals surface area contributed by atoms with Crippen LogP contribution >= 0.6 is 0 Å². The molecule has 0 saturated carbocycles. The van der Waals surface area contributed by atoms with Gasteiger partial charge in [0, 0.05) is 18.0 Å². The van der Waals surface area contributed by atoms with E-state index in [2.05, 4.69) is 4.98 Å². The van der Waals surface area contributed by atoms with Gasteiger partial charge in [0.1, 0.15) is 0 Å². The number of hydrogen-bond acceptors (Lipinski definition) is 4. The van der Waals surface area contributed by atoms with Crippen LogP contribution in [0, 0.1) is 0 Å². The third kappa shape index (κ3) is 2.19. The van der Waals surface area contributed by atoms with Crippen molar-refractivity contribution in [2.45, 2.75) is 13.0 Å². The van der Waals surface area contributed by atoms with Crippen molar-refractivity contribution in [3.63, 3.8) is 0 Å². The smallest absolute Gasteiger partial charge is 0.198 e. The van der Waals surface area contributed by atoms with Crippen LogP contribution in [0.25, 0.3) is 0 Å². The summed E-state index contributed by atoms with van der Waals surface area (Å²) in [7, 11) is 0. The molecule has 1 heterocycles. The summed E-state index contributed by atoms with van der Waals surface area (Å²) in [6.07, 6.45) is 1.31. The van der Waals surface area contributed by atoms with Gasteiger partial charge in [0.25, 0.3) is 0 Å². The molecular weight excluding hydrogens is 170 g/mol. The van der Waals surface area contributed by atoms with Crippen molar-refractivity contribution in [2.24, 2.45) is 0 Å². The van der Waals surface area contributed by atoms with Crippen LogP contribution in [0.1, 0.15) is 17.3 Å². The molecule has 0 fully saturated rings. The molecule has 1 aromatic heterocycles. The maximum atomic E-state index is 11.3. The number of hydrogen-bond donors (Lipinski definition) is 1. The van der Waals surface area contributed by atoms with Crippen molar-refractivity contribution in [2.75, 3.05) is 0 Å². The lowest BCUT2D eigenvalue weighted by Crippen LogP contribution is -2.27. The molecule has 1 rings (SSSR count). The third-order valence-electron chi connectivity index (χ3n) is 1.60. The van der Waals surface area contributed by atoms with Gasteiger partial charge in [-0.1, -0.05) is 0 Å². The maximum absolute atomic E-state index is 11.3. The lowest BCUT2D eigenvalue weighted by Gasteiger charge is -2.04. The largest absolute Gasteiger partial charge is 0.377 e. The summed E-state index contributed by atoms with van der Waals surface area (Å²) < 4.78 is 0. The zero-order valence-corrected chi connectivity index (χ0v) is 7.10. The summed E-state index contributed by atoms with van der Waals surface area (Å²) in [6, 6.07) is 2.91. The lowest BCUT2D eigenvalue weighted by molar-refractivity contribution is -0.122. The minimum Gasteiger partial charge on any atom is -0.377 e. The van der Waals surface area contributed by atoms with E-state index in [0.717, 1.165) is 0 Å². The molecule has 0 radical (unpaired) electrons. The number of aliphatic hydroxyl groups is 1. The number of Topliss-reactive ketones (excluding diaryl/α,β-unsaturated/α-hetero) is 2. The van der Waals surface area contributed by atoms with Gasteiger partial charge in [0.2, 0.25) is 0 Å². The number of pyridine rings is 1. The number of ketones is 2. The van der Waals surface area contributed by atoms with Gasteiger partial charge < -0.3 is 5.11 Å². The summed E-state index contributed by atoms with van der Waals surface area (Å²) >= 11 is 0. The molecule has 4 nitrogen and oxygen atoms in total. The van der Waals surface area contributed by atoms with Crippen molar-refractivity contribution >= 4 is 11.6 Å². The van der Waals surface area contributed by atoms with E-state index in [1.54, 1.807) is 0 Å². The fourth-order valence-corrected chi connectivity index (χ4v) is 0.859. The molecule has 0 aliphatic rings. The van der Waals surface area contributed by atoms with E-state index in [1.165, 1.54) is 31.5 Å². The number of aliphatic hydroxyl groups excluding tert-OH is 1. The Morgan fingerprint density at radius 2 is 1.92 bits per heavy atom. The first-order valence-corrected chi connectivity index (χ1v) is 3.75. The molecule has 13 heavy (non-hydrogen) atoms. The van der Waals surface area contributed by atoms with Gasteiger partial charge in [0.15, 0.2) is 17.7 Å². The molecule has 0 amide bonds. The molecule has 0 aliphatic heterocycles. The van der Waals surface area contributed by atoms with E-state index >= 15 is 0 Å². The molecule has 1 unspecified atom stereocenters. The molecule has 4 heteroatoms. The van der Waals surface area contributed by atoms with Gasteiger partial charge in [-0.3, -0.25) is 14.6 Å². The second-order valence-corrected chi connectivity index (χ2v) is 2.61. The highest BCUT2D eigenvalue weighted by Crippen LogP contribution is 2.02. The van der Waals surface area contributed by atoms with Gasteiger partial charge in [-0.05, 0) is 19.1 Å². The van der Waals surface area contributed by atoms with E-state index in [0.29, 0.717) is 0 Å². The van der Waals surface area contributed by atoms with Crippen LogP contribution in [-0.2, 0) is 4.79 Å². The summed E-state index contributed by atoms with van der Waals surface area (Å²) in [5.74, 6) is -1.14. The van der Waals surface area contributed by atoms with Crippen molar-refractivity contribution in [1.29, 1.82) is 0 Å². The molecule has 68 valence electrons. The highest BCUT2D eigenvalue weighted by molar-refractivity contribution is 6.12. The third-order valence-corrected chi connectivity index (χ3v) is 1.60. The number of aromatic nitrogens is 1. The topological polar surface area (TPSA) is 67.3 Å². The number of rotatable bonds is 3. The molecule has 1 aromatic rings. The highest BCUT2D eigenvalue weighted by Gasteiger charge is 2.20. The molecule has 1 atom stereocenters. The van der Waals surface area contributed by atoms with E-state index in [4.69, 9.17) is 5.11 Å². The molecule has 1 N–H and O–H groups in total. The van der Waals surface area contributed by atoms with E-state index < -0.39 is 17.7 Å². The van der Waals surface area contributed by atoms with Crippen LogP contribution in [0.3, 0.4) is 0 Å². The summed E-state index contributed by atoms with van der Waals surface area (Å²) in [6.45, 7) is 1.17. The van der Waals surface area contributed by atoms with Crippen molar-refractivity contribution < 1.29 is 14.7 Å². The SMILES string of the molecule is CC(=O)C(O)C(=O)c1ccncc1. The van der Waals surface area contributed by atoms with Gasteiger partial charge in [-0.2, -0.15) is 0 Å². The van der Waals surface area contributed by atoms with Crippen LogP contribution in [0.15, 0.2) is 24.5 Å². The molecule has 0 spiro atoms. The number of nitrogens with zero attached hydrogens (tertiary/aromatic N) is 1. The van der Waals surface area contributed by atoms with Crippen LogP contribution in [0.5, 0.6) is 0 Å². The Labute approximate surface area is 75.2 Å². The standard InChI is InChI=1S/C9H9NO3/c1-6(11)8(12)9(13)7-2-4-10-5-3-7/h2-5,8,12H,1H3. The Morgan fingerprint density at radius 3 is 2.38 bits per heavy atom. The Morgan fingerprint density at radius 1 is 1.38 bits per heavy atom. The first-order valence-electron chi connectivity index (χ1n) is 3.75. The molecule has 0 bridgehead atoms. The monoisotopic (exact) mass is 179 g/mol. The molecule has 0 saturated heterocycles. The van der Waals surface area contributed by atoms with Gasteiger partial charge in [-0.25, -0.2) is 0 Å². The van der Waals surface area contributed by atoms with Gasteiger partial charge in [-0.15, -0.1) is 0 Å². The molecule has 0 aliphatic carbocycles. The fourth-order valence-electron chi connectivity index (χ4n) is 0.859. The van der Waals surface area contributed by atoms with Crippen LogP contribution in [-0.4, -0.2) is 27.8 Å². The summed E-state index contributed by atoms with van der Waals surface area (Å²) in [4.78, 5) is 25.7. The van der Waals surface area contributed by atoms with Crippen molar-refractivity contribution in [3.8, 4) is 0 Å². The van der Waals surface area contributed by atoms with Crippen LogP contribution in [0.2, 0.25) is 0 Å². The molecular formula is C9H9NO3. The first-order chi connectivity index (χ1) is 6.13. The number of carbonyl (C=O) groups is 2. The Hall–Kier alpha value is -1.55. The predicted molar refractivity (Wildman–Crippen MR) is 45.3 cm³/mol. The average molecular weight is 179 g/mol. The Bertz CT molecular complexity index is 321. The van der Waals surface area contributed by atoms with E-state index in [-0.39, 0.29) is 5.56 Å². The minimum atomic E-state index is -1.55. The highest BCUT2D eigenvalue weighted by atomic mass is 16.3. The van der Waals surface area contributed by atoms with Crippen molar-refractivity contribution in [3.05, 3.63) is 30.1 Å². The number of carbonyl (C=O) groups excluding carboxylic acids is 2. The Kier molecular flexibility index (Phi) is 2.87.